The molecule has 0 saturated carbocycles. The van der Waals surface area contributed by atoms with Gasteiger partial charge in [-0.25, -0.2) is 4.79 Å². The van der Waals surface area contributed by atoms with E-state index in [1.807, 2.05) is 13.0 Å². The minimum absolute atomic E-state index is 0.240. The molecule has 1 aliphatic heterocycles. The number of imide groups is 1. The van der Waals surface area contributed by atoms with Crippen molar-refractivity contribution in [2.45, 2.75) is 13.3 Å². The summed E-state index contributed by atoms with van der Waals surface area (Å²) in [6, 6.07) is 1.44. The fourth-order valence-electron chi connectivity index (χ4n) is 1.62. The molecule has 0 bridgehead atoms. The molecule has 1 aliphatic rings. The Bertz CT molecular complexity index is 496. The van der Waals surface area contributed by atoms with Gasteiger partial charge in [-0.1, -0.05) is 6.58 Å². The molecule has 2 rings (SSSR count). The quantitative estimate of drug-likeness (QED) is 0.840. The highest BCUT2D eigenvalue weighted by molar-refractivity contribution is 6.05. The maximum Gasteiger partial charge on any atom is 0.328 e. The van der Waals surface area contributed by atoms with Crippen molar-refractivity contribution in [3.05, 3.63) is 30.6 Å². The standard InChI is InChI=1S/C12H13N3O2/c1-8(2)9-5-10(7-13-6-9)15-4-3-11(16)14-12(15)17/h5-7H,1,3-4H2,2H3,(H,14,16,17). The number of carbonyl (C=O) groups is 2. The largest absolute Gasteiger partial charge is 0.328 e. The van der Waals surface area contributed by atoms with Gasteiger partial charge in [0.2, 0.25) is 5.91 Å². The van der Waals surface area contributed by atoms with Crippen molar-refractivity contribution < 1.29 is 9.59 Å². The summed E-state index contributed by atoms with van der Waals surface area (Å²) in [5, 5.41) is 2.27. The van der Waals surface area contributed by atoms with Gasteiger partial charge in [-0.3, -0.25) is 20.0 Å². The number of allylic oxidation sites excluding steroid dienone is 1. The molecule has 1 fully saturated rings. The predicted molar refractivity (Wildman–Crippen MR) is 64.4 cm³/mol. The van der Waals surface area contributed by atoms with Crippen molar-refractivity contribution in [1.82, 2.24) is 10.3 Å². The first kappa shape index (κ1) is 11.3. The van der Waals surface area contributed by atoms with E-state index >= 15 is 0 Å². The van der Waals surface area contributed by atoms with Crippen molar-refractivity contribution in [2.24, 2.45) is 0 Å². The van der Waals surface area contributed by atoms with Crippen LogP contribution in [-0.2, 0) is 4.79 Å². The third-order valence-electron chi connectivity index (χ3n) is 2.58. The van der Waals surface area contributed by atoms with Gasteiger partial charge in [0.25, 0.3) is 0 Å². The monoisotopic (exact) mass is 231 g/mol. The maximum atomic E-state index is 11.6. The Kier molecular flexibility index (Phi) is 2.91. The topological polar surface area (TPSA) is 62.3 Å². The van der Waals surface area contributed by atoms with Crippen LogP contribution in [0.3, 0.4) is 0 Å². The van der Waals surface area contributed by atoms with Gasteiger partial charge in [-0.15, -0.1) is 0 Å². The lowest BCUT2D eigenvalue weighted by molar-refractivity contribution is -0.120. The molecule has 0 spiro atoms. The molecule has 0 radical (unpaired) electrons. The fourth-order valence-corrected chi connectivity index (χ4v) is 1.62. The van der Waals surface area contributed by atoms with Crippen LogP contribution in [0.15, 0.2) is 25.0 Å². The van der Waals surface area contributed by atoms with Crippen molar-refractivity contribution >= 4 is 23.2 Å². The van der Waals surface area contributed by atoms with E-state index in [4.69, 9.17) is 0 Å². The molecule has 5 heteroatoms. The third-order valence-corrected chi connectivity index (χ3v) is 2.58. The molecule has 1 aromatic rings. The van der Waals surface area contributed by atoms with Gasteiger partial charge < -0.3 is 0 Å². The van der Waals surface area contributed by atoms with Crippen LogP contribution in [0, 0.1) is 0 Å². The fraction of sp³-hybridized carbons (Fsp3) is 0.250. The Morgan fingerprint density at radius 3 is 2.88 bits per heavy atom. The number of hydrogen-bond donors (Lipinski definition) is 1. The normalized spacial score (nSPS) is 15.7. The van der Waals surface area contributed by atoms with E-state index < -0.39 is 6.03 Å². The Morgan fingerprint density at radius 1 is 1.47 bits per heavy atom. The van der Waals surface area contributed by atoms with Crippen LogP contribution in [0.4, 0.5) is 10.5 Å². The van der Waals surface area contributed by atoms with Crippen LogP contribution < -0.4 is 10.2 Å². The van der Waals surface area contributed by atoms with E-state index in [1.165, 1.54) is 4.90 Å². The van der Waals surface area contributed by atoms with Crippen LogP contribution in [0.25, 0.3) is 5.57 Å². The third kappa shape index (κ3) is 2.33. The maximum absolute atomic E-state index is 11.6. The molecule has 1 aromatic heterocycles. The number of hydrogen-bond acceptors (Lipinski definition) is 3. The molecule has 1 N–H and O–H groups in total. The van der Waals surface area contributed by atoms with Gasteiger partial charge in [-0.05, 0) is 24.1 Å². The molecule has 5 nitrogen and oxygen atoms in total. The van der Waals surface area contributed by atoms with Gasteiger partial charge in [0.1, 0.15) is 0 Å². The highest BCUT2D eigenvalue weighted by atomic mass is 16.2. The molecule has 2 heterocycles. The Morgan fingerprint density at radius 2 is 2.24 bits per heavy atom. The second kappa shape index (κ2) is 4.37. The van der Waals surface area contributed by atoms with Crippen molar-refractivity contribution in [1.29, 1.82) is 0 Å². The number of rotatable bonds is 2. The molecular weight excluding hydrogens is 218 g/mol. The first-order valence-corrected chi connectivity index (χ1v) is 5.30. The minimum Gasteiger partial charge on any atom is -0.292 e. The van der Waals surface area contributed by atoms with Crippen molar-refractivity contribution in [3.8, 4) is 0 Å². The summed E-state index contributed by atoms with van der Waals surface area (Å²) in [5.41, 5.74) is 2.44. The zero-order valence-corrected chi connectivity index (χ0v) is 9.56. The zero-order chi connectivity index (χ0) is 12.4. The van der Waals surface area contributed by atoms with E-state index in [1.54, 1.807) is 12.4 Å². The zero-order valence-electron chi connectivity index (χ0n) is 9.56. The number of pyridine rings is 1. The second-order valence-corrected chi connectivity index (χ2v) is 3.97. The van der Waals surface area contributed by atoms with Gasteiger partial charge in [-0.2, -0.15) is 0 Å². The highest BCUT2D eigenvalue weighted by Crippen LogP contribution is 2.20. The molecule has 0 aromatic carbocycles. The van der Waals surface area contributed by atoms with E-state index in [0.717, 1.165) is 11.1 Å². The van der Waals surface area contributed by atoms with E-state index in [0.29, 0.717) is 18.7 Å². The average molecular weight is 231 g/mol. The van der Waals surface area contributed by atoms with Gasteiger partial charge in [0.05, 0.1) is 11.9 Å². The average Bonchev–Trinajstić information content (AvgIpc) is 2.29. The Balaban J connectivity index is 2.28. The molecule has 17 heavy (non-hydrogen) atoms. The van der Waals surface area contributed by atoms with E-state index in [-0.39, 0.29) is 5.91 Å². The lowest BCUT2D eigenvalue weighted by Gasteiger charge is -2.26. The number of anilines is 1. The molecule has 88 valence electrons. The summed E-state index contributed by atoms with van der Waals surface area (Å²) >= 11 is 0. The second-order valence-electron chi connectivity index (χ2n) is 3.97. The van der Waals surface area contributed by atoms with Gasteiger partial charge in [0, 0.05) is 19.2 Å². The number of carbonyl (C=O) groups excluding carboxylic acids is 2. The summed E-state index contributed by atoms with van der Waals surface area (Å²) in [6.07, 6.45) is 3.60. The molecular formula is C12H13N3O2. The van der Waals surface area contributed by atoms with Crippen LogP contribution in [0.1, 0.15) is 18.9 Å². The van der Waals surface area contributed by atoms with Crippen LogP contribution >= 0.6 is 0 Å². The van der Waals surface area contributed by atoms with Crippen molar-refractivity contribution in [2.75, 3.05) is 11.4 Å². The summed E-state index contributed by atoms with van der Waals surface area (Å²) < 4.78 is 0. The number of aromatic nitrogens is 1. The van der Waals surface area contributed by atoms with E-state index in [2.05, 4.69) is 16.9 Å². The van der Waals surface area contributed by atoms with Gasteiger partial charge in [0.15, 0.2) is 0 Å². The SMILES string of the molecule is C=C(C)c1cncc(N2CCC(=O)NC2=O)c1. The van der Waals surface area contributed by atoms with Crippen molar-refractivity contribution in [3.63, 3.8) is 0 Å². The van der Waals surface area contributed by atoms with Crippen LogP contribution in [-0.4, -0.2) is 23.5 Å². The minimum atomic E-state index is -0.401. The summed E-state index contributed by atoms with van der Waals surface area (Å²) in [7, 11) is 0. The van der Waals surface area contributed by atoms with E-state index in [9.17, 15) is 9.59 Å². The molecule has 0 atom stereocenters. The summed E-state index contributed by atoms with van der Waals surface area (Å²) in [5.74, 6) is -0.240. The summed E-state index contributed by atoms with van der Waals surface area (Å²) in [4.78, 5) is 28.2. The lowest BCUT2D eigenvalue weighted by atomic mass is 10.1. The number of urea groups is 1. The molecule has 1 saturated heterocycles. The first-order chi connectivity index (χ1) is 8.08. The number of nitrogens with one attached hydrogen (secondary N) is 1. The smallest absolute Gasteiger partial charge is 0.292 e. The Hall–Kier alpha value is -2.17. The predicted octanol–water partition coefficient (Wildman–Crippen LogP) is 1.56. The first-order valence-electron chi connectivity index (χ1n) is 5.30. The highest BCUT2D eigenvalue weighted by Gasteiger charge is 2.24. The Labute approximate surface area is 99.1 Å². The molecule has 0 unspecified atom stereocenters. The van der Waals surface area contributed by atoms with Gasteiger partial charge >= 0.3 is 6.03 Å². The lowest BCUT2D eigenvalue weighted by Crippen LogP contribution is -2.49. The molecule has 0 aliphatic carbocycles. The van der Waals surface area contributed by atoms with Crippen LogP contribution in [0.2, 0.25) is 0 Å². The number of amides is 3. The number of nitrogens with zero attached hydrogens (tertiary/aromatic N) is 2. The van der Waals surface area contributed by atoms with Crippen LogP contribution in [0.5, 0.6) is 0 Å². The summed E-state index contributed by atoms with van der Waals surface area (Å²) in [6.45, 7) is 6.09. The molecule has 3 amide bonds.